The molecule has 1 N–H and O–H groups in total. The molecule has 6 heteroatoms. The predicted octanol–water partition coefficient (Wildman–Crippen LogP) is 3.04. The Labute approximate surface area is 104 Å². The van der Waals surface area contributed by atoms with E-state index < -0.39 is 12.2 Å². The molecule has 1 saturated heterocycles. The molecule has 1 aromatic rings. The fraction of sp³-hybridized carbons (Fsp3) is 0.750. The van der Waals surface area contributed by atoms with Crippen LogP contribution >= 0.6 is 0 Å². The van der Waals surface area contributed by atoms with Crippen molar-refractivity contribution in [3.8, 4) is 0 Å². The van der Waals surface area contributed by atoms with Crippen LogP contribution in [0.2, 0.25) is 0 Å². The zero-order valence-corrected chi connectivity index (χ0v) is 10.4. The number of alkyl halides is 3. The van der Waals surface area contributed by atoms with Gasteiger partial charge in [0, 0.05) is 24.3 Å². The molecule has 102 valence electrons. The lowest BCUT2D eigenvalue weighted by Gasteiger charge is -2.31. The quantitative estimate of drug-likeness (QED) is 0.906. The summed E-state index contributed by atoms with van der Waals surface area (Å²) in [6.07, 6.45) is 1.84. The summed E-state index contributed by atoms with van der Waals surface area (Å²) in [6.45, 7) is 2.84. The van der Waals surface area contributed by atoms with Crippen LogP contribution in [0.5, 0.6) is 0 Å². The van der Waals surface area contributed by atoms with Crippen molar-refractivity contribution in [1.82, 2.24) is 15.1 Å². The van der Waals surface area contributed by atoms with Crippen LogP contribution in [0.4, 0.5) is 13.2 Å². The summed E-state index contributed by atoms with van der Waals surface area (Å²) in [6, 6.07) is -1.61. The average molecular weight is 261 g/mol. The van der Waals surface area contributed by atoms with Gasteiger partial charge < -0.3 is 0 Å². The van der Waals surface area contributed by atoms with Crippen LogP contribution in [-0.4, -0.2) is 22.0 Å². The van der Waals surface area contributed by atoms with Crippen LogP contribution in [0.3, 0.4) is 0 Å². The Morgan fingerprint density at radius 3 is 2.89 bits per heavy atom. The van der Waals surface area contributed by atoms with E-state index in [1.807, 2.05) is 13.1 Å². The zero-order chi connectivity index (χ0) is 13.2. The standard InChI is InChI=1S/C12H18F3N3/c1-2-6-18-8-9(7-16-18)10-4-3-5-11(17-10)12(13,14)15/h7-8,10-11,17H,2-6H2,1H3. The van der Waals surface area contributed by atoms with E-state index in [2.05, 4.69) is 10.4 Å². The van der Waals surface area contributed by atoms with Crippen molar-refractivity contribution in [3.05, 3.63) is 18.0 Å². The molecule has 2 atom stereocenters. The van der Waals surface area contributed by atoms with Crippen molar-refractivity contribution in [2.45, 2.75) is 57.4 Å². The van der Waals surface area contributed by atoms with Crippen LogP contribution in [0, 0.1) is 0 Å². The number of nitrogens with one attached hydrogen (secondary N) is 1. The first-order valence-electron chi connectivity index (χ1n) is 6.36. The fourth-order valence-corrected chi connectivity index (χ4v) is 2.37. The van der Waals surface area contributed by atoms with E-state index in [0.29, 0.717) is 6.42 Å². The maximum atomic E-state index is 12.7. The van der Waals surface area contributed by atoms with Crippen molar-refractivity contribution in [2.24, 2.45) is 0 Å². The highest BCUT2D eigenvalue weighted by molar-refractivity contribution is 5.12. The number of rotatable bonds is 3. The molecule has 0 radical (unpaired) electrons. The van der Waals surface area contributed by atoms with Gasteiger partial charge in [0.15, 0.2) is 0 Å². The minimum atomic E-state index is -4.15. The summed E-state index contributed by atoms with van der Waals surface area (Å²) in [7, 11) is 0. The maximum absolute atomic E-state index is 12.7. The van der Waals surface area contributed by atoms with Crippen LogP contribution in [0.15, 0.2) is 12.4 Å². The van der Waals surface area contributed by atoms with Crippen molar-refractivity contribution in [3.63, 3.8) is 0 Å². The molecule has 0 saturated carbocycles. The van der Waals surface area contributed by atoms with Gasteiger partial charge in [0.2, 0.25) is 0 Å². The summed E-state index contributed by atoms with van der Waals surface area (Å²) >= 11 is 0. The summed E-state index contributed by atoms with van der Waals surface area (Å²) in [5, 5.41) is 6.85. The third-order valence-corrected chi connectivity index (χ3v) is 3.29. The first-order chi connectivity index (χ1) is 8.50. The molecular weight excluding hydrogens is 243 g/mol. The third-order valence-electron chi connectivity index (χ3n) is 3.29. The Morgan fingerprint density at radius 2 is 2.22 bits per heavy atom. The summed E-state index contributed by atoms with van der Waals surface area (Å²) in [5.74, 6) is 0. The van der Waals surface area contributed by atoms with Crippen molar-refractivity contribution in [1.29, 1.82) is 0 Å². The largest absolute Gasteiger partial charge is 0.403 e. The van der Waals surface area contributed by atoms with E-state index >= 15 is 0 Å². The molecular formula is C12H18F3N3. The van der Waals surface area contributed by atoms with Gasteiger partial charge in [0.05, 0.1) is 6.20 Å². The second kappa shape index (κ2) is 5.30. The molecule has 2 heterocycles. The molecule has 1 fully saturated rings. The smallest absolute Gasteiger partial charge is 0.299 e. The topological polar surface area (TPSA) is 29.9 Å². The van der Waals surface area contributed by atoms with Gasteiger partial charge in [-0.15, -0.1) is 0 Å². The highest BCUT2D eigenvalue weighted by Crippen LogP contribution is 2.32. The minimum Gasteiger partial charge on any atom is -0.299 e. The molecule has 2 unspecified atom stereocenters. The molecule has 1 aliphatic heterocycles. The molecule has 18 heavy (non-hydrogen) atoms. The van der Waals surface area contributed by atoms with E-state index in [4.69, 9.17) is 0 Å². The Morgan fingerprint density at radius 1 is 1.44 bits per heavy atom. The third kappa shape index (κ3) is 3.04. The lowest BCUT2D eigenvalue weighted by atomic mass is 9.95. The Kier molecular flexibility index (Phi) is 3.94. The lowest BCUT2D eigenvalue weighted by molar-refractivity contribution is -0.163. The molecule has 0 bridgehead atoms. The molecule has 0 amide bonds. The monoisotopic (exact) mass is 261 g/mol. The Bertz CT molecular complexity index is 386. The van der Waals surface area contributed by atoms with Crippen molar-refractivity contribution < 1.29 is 13.2 Å². The van der Waals surface area contributed by atoms with E-state index in [1.165, 1.54) is 0 Å². The number of piperidine rings is 1. The number of hydrogen-bond acceptors (Lipinski definition) is 2. The van der Waals surface area contributed by atoms with Crippen molar-refractivity contribution in [2.75, 3.05) is 0 Å². The van der Waals surface area contributed by atoms with Gasteiger partial charge in [-0.05, 0) is 25.7 Å². The van der Waals surface area contributed by atoms with Gasteiger partial charge in [0.25, 0.3) is 0 Å². The maximum Gasteiger partial charge on any atom is 0.403 e. The van der Waals surface area contributed by atoms with E-state index in [0.717, 1.165) is 24.9 Å². The van der Waals surface area contributed by atoms with Gasteiger partial charge in [-0.1, -0.05) is 6.92 Å². The number of nitrogens with zero attached hydrogens (tertiary/aromatic N) is 2. The first kappa shape index (κ1) is 13.4. The van der Waals surface area contributed by atoms with Crippen LogP contribution in [-0.2, 0) is 6.54 Å². The van der Waals surface area contributed by atoms with Gasteiger partial charge in [-0.2, -0.15) is 18.3 Å². The second-order valence-corrected chi connectivity index (χ2v) is 4.78. The van der Waals surface area contributed by atoms with E-state index in [1.54, 1.807) is 10.9 Å². The van der Waals surface area contributed by atoms with Gasteiger partial charge in [-0.3, -0.25) is 10.00 Å². The number of aromatic nitrogens is 2. The molecule has 3 nitrogen and oxygen atoms in total. The molecule has 0 aliphatic carbocycles. The molecule has 2 rings (SSSR count). The van der Waals surface area contributed by atoms with Gasteiger partial charge in [-0.25, -0.2) is 0 Å². The molecule has 1 aromatic heterocycles. The number of aryl methyl sites for hydroxylation is 1. The highest BCUT2D eigenvalue weighted by Gasteiger charge is 2.42. The van der Waals surface area contributed by atoms with Gasteiger partial charge >= 0.3 is 6.18 Å². The predicted molar refractivity (Wildman–Crippen MR) is 62.1 cm³/mol. The summed E-state index contributed by atoms with van der Waals surface area (Å²) in [5.41, 5.74) is 0.859. The summed E-state index contributed by atoms with van der Waals surface area (Å²) < 4.78 is 39.8. The number of halogens is 3. The Balaban J connectivity index is 2.03. The van der Waals surface area contributed by atoms with E-state index in [9.17, 15) is 13.2 Å². The molecule has 0 aromatic carbocycles. The molecule has 0 spiro atoms. The second-order valence-electron chi connectivity index (χ2n) is 4.78. The number of hydrogen-bond donors (Lipinski definition) is 1. The first-order valence-corrected chi connectivity index (χ1v) is 6.36. The fourth-order valence-electron chi connectivity index (χ4n) is 2.37. The van der Waals surface area contributed by atoms with Crippen LogP contribution < -0.4 is 5.32 Å². The van der Waals surface area contributed by atoms with Gasteiger partial charge in [0.1, 0.15) is 6.04 Å². The van der Waals surface area contributed by atoms with Crippen molar-refractivity contribution >= 4 is 0 Å². The lowest BCUT2D eigenvalue weighted by Crippen LogP contribution is -2.46. The molecule has 1 aliphatic rings. The minimum absolute atomic E-state index is 0.170. The normalized spacial score (nSPS) is 25.3. The average Bonchev–Trinajstić information content (AvgIpc) is 2.77. The zero-order valence-electron chi connectivity index (χ0n) is 10.4. The summed E-state index contributed by atoms with van der Waals surface area (Å²) in [4.78, 5) is 0. The van der Waals surface area contributed by atoms with Crippen LogP contribution in [0.1, 0.15) is 44.2 Å². The van der Waals surface area contributed by atoms with Crippen LogP contribution in [0.25, 0.3) is 0 Å². The highest BCUT2D eigenvalue weighted by atomic mass is 19.4. The van der Waals surface area contributed by atoms with E-state index in [-0.39, 0.29) is 12.5 Å². The Hall–Kier alpha value is -1.04. The SMILES string of the molecule is CCCn1cc(C2CCCC(C(F)(F)F)N2)cn1.